The number of amides is 1. The fourth-order valence-corrected chi connectivity index (χ4v) is 3.49. The minimum atomic E-state index is -3.34. The Hall–Kier alpha value is -1.76. The van der Waals surface area contributed by atoms with E-state index in [1.165, 1.54) is 7.11 Å². The molecule has 1 fully saturated rings. The average molecular weight is 312 g/mol. The summed E-state index contributed by atoms with van der Waals surface area (Å²) in [5, 5.41) is 0. The second kappa shape index (κ2) is 6.34. The summed E-state index contributed by atoms with van der Waals surface area (Å²) in [5.74, 6) is 0.622. The molecule has 1 aromatic rings. The lowest BCUT2D eigenvalue weighted by Gasteiger charge is -2.19. The smallest absolute Gasteiger partial charge is 0.232 e. The van der Waals surface area contributed by atoms with Crippen molar-refractivity contribution >= 4 is 27.3 Å². The number of sulfonamides is 1. The van der Waals surface area contributed by atoms with E-state index in [0.717, 1.165) is 6.42 Å². The molecule has 1 aliphatic heterocycles. The summed E-state index contributed by atoms with van der Waals surface area (Å²) in [6.45, 7) is 2.47. The highest BCUT2D eigenvalue weighted by Crippen LogP contribution is 2.34. The van der Waals surface area contributed by atoms with Crippen molar-refractivity contribution in [3.05, 3.63) is 18.2 Å². The molecule has 0 atom stereocenters. The van der Waals surface area contributed by atoms with E-state index in [1.807, 2.05) is 6.92 Å². The molecule has 1 aromatic carbocycles. The van der Waals surface area contributed by atoms with Crippen LogP contribution in [0.1, 0.15) is 26.2 Å². The second-order valence-corrected chi connectivity index (χ2v) is 6.80. The molecule has 1 N–H and O–H groups in total. The normalized spacial score (nSPS) is 15.3. The van der Waals surface area contributed by atoms with Gasteiger partial charge in [-0.05, 0) is 25.0 Å². The van der Waals surface area contributed by atoms with E-state index in [1.54, 1.807) is 23.1 Å². The number of benzene rings is 1. The highest BCUT2D eigenvalue weighted by molar-refractivity contribution is 7.92. The van der Waals surface area contributed by atoms with Crippen LogP contribution in [-0.2, 0) is 14.8 Å². The Labute approximate surface area is 125 Å². The molecule has 0 aliphatic carbocycles. The lowest BCUT2D eigenvalue weighted by atomic mass is 10.2. The largest absolute Gasteiger partial charge is 0.494 e. The molecule has 6 nitrogen and oxygen atoms in total. The Bertz CT molecular complexity index is 628. The number of ether oxygens (including phenoxy) is 1. The van der Waals surface area contributed by atoms with E-state index in [0.29, 0.717) is 36.5 Å². The van der Waals surface area contributed by atoms with Crippen molar-refractivity contribution in [2.24, 2.45) is 0 Å². The molecule has 0 unspecified atom stereocenters. The van der Waals surface area contributed by atoms with Crippen molar-refractivity contribution < 1.29 is 17.9 Å². The number of rotatable bonds is 6. The molecule has 2 rings (SSSR count). The quantitative estimate of drug-likeness (QED) is 0.871. The molecular weight excluding hydrogens is 292 g/mol. The summed E-state index contributed by atoms with van der Waals surface area (Å²) in [7, 11) is -1.83. The third-order valence-corrected chi connectivity index (χ3v) is 4.78. The molecule has 1 amide bonds. The lowest BCUT2D eigenvalue weighted by Crippen LogP contribution is -2.24. The van der Waals surface area contributed by atoms with Crippen molar-refractivity contribution in [2.45, 2.75) is 26.2 Å². The van der Waals surface area contributed by atoms with Gasteiger partial charge in [0.25, 0.3) is 0 Å². The molecule has 1 saturated heterocycles. The van der Waals surface area contributed by atoms with Crippen LogP contribution in [0.5, 0.6) is 5.75 Å². The summed E-state index contributed by atoms with van der Waals surface area (Å²) >= 11 is 0. The molecule has 0 radical (unpaired) electrons. The van der Waals surface area contributed by atoms with Crippen LogP contribution in [0, 0.1) is 0 Å². The van der Waals surface area contributed by atoms with Gasteiger partial charge in [-0.1, -0.05) is 6.92 Å². The standard InChI is InChI=1S/C14H20N2O4S/c1-3-9-21(18,19)15-11-6-7-12(13(10-11)20-2)16-8-4-5-14(16)17/h6-7,10,15H,3-5,8-9H2,1-2H3. The predicted molar refractivity (Wildman–Crippen MR) is 82.3 cm³/mol. The zero-order valence-electron chi connectivity index (χ0n) is 12.3. The second-order valence-electron chi connectivity index (χ2n) is 4.96. The van der Waals surface area contributed by atoms with Gasteiger partial charge in [0, 0.05) is 19.0 Å². The summed E-state index contributed by atoms with van der Waals surface area (Å²) in [4.78, 5) is 13.5. The van der Waals surface area contributed by atoms with Crippen molar-refractivity contribution in [3.8, 4) is 5.75 Å². The van der Waals surface area contributed by atoms with E-state index >= 15 is 0 Å². The van der Waals surface area contributed by atoms with Crippen LogP contribution in [0.4, 0.5) is 11.4 Å². The van der Waals surface area contributed by atoms with Gasteiger partial charge in [0.05, 0.1) is 24.2 Å². The maximum atomic E-state index is 11.8. The Morgan fingerprint density at radius 3 is 2.71 bits per heavy atom. The monoisotopic (exact) mass is 312 g/mol. The summed E-state index contributed by atoms with van der Waals surface area (Å²) in [5.41, 5.74) is 1.12. The summed E-state index contributed by atoms with van der Waals surface area (Å²) in [6.07, 6.45) is 1.91. The van der Waals surface area contributed by atoms with Gasteiger partial charge in [-0.25, -0.2) is 8.42 Å². The van der Waals surface area contributed by atoms with Crippen LogP contribution in [0.3, 0.4) is 0 Å². The van der Waals surface area contributed by atoms with Gasteiger partial charge in [0.1, 0.15) is 5.75 Å². The van der Waals surface area contributed by atoms with Gasteiger partial charge in [-0.2, -0.15) is 0 Å². The minimum Gasteiger partial charge on any atom is -0.494 e. The fraction of sp³-hybridized carbons (Fsp3) is 0.500. The lowest BCUT2D eigenvalue weighted by molar-refractivity contribution is -0.117. The molecule has 1 heterocycles. The maximum absolute atomic E-state index is 11.8. The van der Waals surface area contributed by atoms with Crippen molar-refractivity contribution in [1.82, 2.24) is 0 Å². The highest BCUT2D eigenvalue weighted by Gasteiger charge is 2.24. The third kappa shape index (κ3) is 3.66. The average Bonchev–Trinajstić information content (AvgIpc) is 2.84. The van der Waals surface area contributed by atoms with Gasteiger partial charge in [0.2, 0.25) is 15.9 Å². The van der Waals surface area contributed by atoms with Gasteiger partial charge in [-0.15, -0.1) is 0 Å². The number of nitrogens with zero attached hydrogens (tertiary/aromatic N) is 1. The first-order valence-electron chi connectivity index (χ1n) is 6.95. The van der Waals surface area contributed by atoms with Crippen LogP contribution in [0.15, 0.2) is 18.2 Å². The zero-order valence-corrected chi connectivity index (χ0v) is 13.1. The molecule has 21 heavy (non-hydrogen) atoms. The Kier molecular flexibility index (Phi) is 4.72. The maximum Gasteiger partial charge on any atom is 0.232 e. The van der Waals surface area contributed by atoms with Crippen LogP contribution < -0.4 is 14.4 Å². The molecule has 116 valence electrons. The Morgan fingerprint density at radius 1 is 1.38 bits per heavy atom. The first kappa shape index (κ1) is 15.6. The fourth-order valence-electron chi connectivity index (χ4n) is 2.37. The Balaban J connectivity index is 2.26. The first-order valence-corrected chi connectivity index (χ1v) is 8.61. The summed E-state index contributed by atoms with van der Waals surface area (Å²) < 4.78 is 31.4. The molecular formula is C14H20N2O4S. The molecule has 7 heteroatoms. The Morgan fingerprint density at radius 2 is 2.14 bits per heavy atom. The number of hydrogen-bond donors (Lipinski definition) is 1. The SMILES string of the molecule is CCCS(=O)(=O)Nc1ccc(N2CCCC2=O)c(OC)c1. The topological polar surface area (TPSA) is 75.7 Å². The predicted octanol–water partition coefficient (Wildman–Crippen LogP) is 1.97. The summed E-state index contributed by atoms with van der Waals surface area (Å²) in [6, 6.07) is 4.97. The highest BCUT2D eigenvalue weighted by atomic mass is 32.2. The molecule has 0 aromatic heterocycles. The molecule has 1 aliphatic rings. The minimum absolute atomic E-state index is 0.0626. The van der Waals surface area contributed by atoms with E-state index in [4.69, 9.17) is 4.74 Å². The van der Waals surface area contributed by atoms with Gasteiger partial charge in [-0.3, -0.25) is 9.52 Å². The molecule has 0 spiro atoms. The van der Waals surface area contributed by atoms with Crippen molar-refractivity contribution in [1.29, 1.82) is 0 Å². The first-order chi connectivity index (χ1) is 9.96. The number of methoxy groups -OCH3 is 1. The van der Waals surface area contributed by atoms with Crippen molar-refractivity contribution in [3.63, 3.8) is 0 Å². The zero-order chi connectivity index (χ0) is 15.5. The van der Waals surface area contributed by atoms with Gasteiger partial charge >= 0.3 is 0 Å². The van der Waals surface area contributed by atoms with E-state index < -0.39 is 10.0 Å². The van der Waals surface area contributed by atoms with Crippen LogP contribution in [0.25, 0.3) is 0 Å². The van der Waals surface area contributed by atoms with E-state index in [9.17, 15) is 13.2 Å². The molecule has 0 bridgehead atoms. The number of carbonyl (C=O) groups is 1. The third-order valence-electron chi connectivity index (χ3n) is 3.29. The van der Waals surface area contributed by atoms with Crippen LogP contribution in [0.2, 0.25) is 0 Å². The molecule has 0 saturated carbocycles. The van der Waals surface area contributed by atoms with E-state index in [-0.39, 0.29) is 11.7 Å². The number of carbonyl (C=O) groups excluding carboxylic acids is 1. The van der Waals surface area contributed by atoms with Gasteiger partial charge in [0.15, 0.2) is 0 Å². The van der Waals surface area contributed by atoms with Crippen molar-refractivity contribution in [2.75, 3.05) is 29.0 Å². The van der Waals surface area contributed by atoms with Crippen LogP contribution >= 0.6 is 0 Å². The van der Waals surface area contributed by atoms with E-state index in [2.05, 4.69) is 4.72 Å². The number of anilines is 2. The van der Waals surface area contributed by atoms with Gasteiger partial charge < -0.3 is 9.64 Å². The van der Waals surface area contributed by atoms with Crippen LogP contribution in [-0.4, -0.2) is 33.7 Å². The number of nitrogens with one attached hydrogen (secondary N) is 1. The number of hydrogen-bond acceptors (Lipinski definition) is 4.